The molecule has 0 aromatic heterocycles. The molecular weight excluding hydrogens is 323 g/mol. The van der Waals surface area contributed by atoms with Crippen molar-refractivity contribution in [3.63, 3.8) is 0 Å². The molecule has 132 valence electrons. The fraction of sp³-hybridized carbons (Fsp3) is 0.316. The van der Waals surface area contributed by atoms with Crippen LogP contribution in [0.1, 0.15) is 33.7 Å². The molecule has 0 bridgehead atoms. The zero-order chi connectivity index (χ0) is 17.6. The van der Waals surface area contributed by atoms with E-state index in [9.17, 15) is 14.3 Å². The summed E-state index contributed by atoms with van der Waals surface area (Å²) in [5.74, 6) is -0.632. The Bertz CT molecular complexity index is 698. The molecule has 25 heavy (non-hydrogen) atoms. The third kappa shape index (κ3) is 4.63. The van der Waals surface area contributed by atoms with Crippen molar-refractivity contribution in [2.75, 3.05) is 26.2 Å². The first-order valence-electron chi connectivity index (χ1n) is 8.27. The number of rotatable bonds is 5. The largest absolute Gasteiger partial charge is 0.387 e. The van der Waals surface area contributed by atoms with Gasteiger partial charge in [-0.25, -0.2) is 4.39 Å². The van der Waals surface area contributed by atoms with Gasteiger partial charge in [0.2, 0.25) is 0 Å². The van der Waals surface area contributed by atoms with Gasteiger partial charge in [-0.15, -0.1) is 0 Å². The van der Waals surface area contributed by atoms with Gasteiger partial charge in [-0.1, -0.05) is 24.3 Å². The highest BCUT2D eigenvalue weighted by Gasteiger charge is 2.16. The molecule has 1 aliphatic heterocycles. The monoisotopic (exact) mass is 344 g/mol. The molecule has 2 atom stereocenters. The predicted molar refractivity (Wildman–Crippen MR) is 91.7 cm³/mol. The van der Waals surface area contributed by atoms with Gasteiger partial charge in [-0.3, -0.25) is 4.79 Å². The van der Waals surface area contributed by atoms with Crippen LogP contribution in [0.5, 0.6) is 0 Å². The number of amides is 1. The van der Waals surface area contributed by atoms with Crippen molar-refractivity contribution in [1.82, 2.24) is 10.6 Å². The summed E-state index contributed by atoms with van der Waals surface area (Å²) < 4.78 is 18.6. The zero-order valence-electron chi connectivity index (χ0n) is 13.7. The smallest absolute Gasteiger partial charge is 0.251 e. The summed E-state index contributed by atoms with van der Waals surface area (Å²) in [5.41, 5.74) is 2.09. The molecule has 1 heterocycles. The SMILES string of the molecule is O=C(NC[C@@H](O)c1ccc(F)cc1)c1ccc([C@H]2CNCCO2)cc1. The van der Waals surface area contributed by atoms with Gasteiger partial charge in [0, 0.05) is 25.2 Å². The molecule has 3 N–H and O–H groups in total. The number of carbonyl (C=O) groups excluding carboxylic acids is 1. The lowest BCUT2D eigenvalue weighted by molar-refractivity contribution is 0.0277. The molecule has 2 aromatic rings. The highest BCUT2D eigenvalue weighted by atomic mass is 19.1. The Labute approximate surface area is 145 Å². The van der Waals surface area contributed by atoms with Crippen LogP contribution in [0.2, 0.25) is 0 Å². The summed E-state index contributed by atoms with van der Waals surface area (Å²) in [6.45, 7) is 2.35. The molecule has 0 aliphatic carbocycles. The van der Waals surface area contributed by atoms with Gasteiger partial charge in [-0.05, 0) is 35.4 Å². The molecule has 0 unspecified atom stereocenters. The van der Waals surface area contributed by atoms with E-state index in [0.29, 0.717) is 17.7 Å². The normalized spacial score (nSPS) is 18.6. The summed E-state index contributed by atoms with van der Waals surface area (Å²) in [5, 5.41) is 16.0. The minimum absolute atomic E-state index is 0.00570. The van der Waals surface area contributed by atoms with Crippen LogP contribution in [0, 0.1) is 5.82 Å². The van der Waals surface area contributed by atoms with Crippen molar-refractivity contribution < 1.29 is 19.0 Å². The maximum atomic E-state index is 12.9. The van der Waals surface area contributed by atoms with E-state index in [2.05, 4.69) is 10.6 Å². The van der Waals surface area contributed by atoms with Gasteiger partial charge >= 0.3 is 0 Å². The number of aliphatic hydroxyl groups excluding tert-OH is 1. The predicted octanol–water partition coefficient (Wildman–Crippen LogP) is 1.95. The van der Waals surface area contributed by atoms with E-state index in [-0.39, 0.29) is 24.4 Å². The Balaban J connectivity index is 1.54. The van der Waals surface area contributed by atoms with E-state index in [4.69, 9.17) is 4.74 Å². The number of halogens is 1. The Morgan fingerprint density at radius 2 is 1.96 bits per heavy atom. The summed E-state index contributed by atoms with van der Waals surface area (Å²) >= 11 is 0. The average Bonchev–Trinajstić information content (AvgIpc) is 2.67. The number of aliphatic hydroxyl groups is 1. The molecule has 3 rings (SSSR count). The van der Waals surface area contributed by atoms with Crippen LogP contribution >= 0.6 is 0 Å². The van der Waals surface area contributed by atoms with E-state index in [1.807, 2.05) is 12.1 Å². The van der Waals surface area contributed by atoms with Crippen LogP contribution in [0.25, 0.3) is 0 Å². The van der Waals surface area contributed by atoms with Crippen LogP contribution in [0.15, 0.2) is 48.5 Å². The maximum absolute atomic E-state index is 12.9. The second kappa shape index (κ2) is 8.20. The molecule has 2 aromatic carbocycles. The standard InChI is InChI=1S/C19H21FN2O3/c20-16-7-5-13(6-8-16)17(23)11-22-19(24)15-3-1-14(2-4-15)18-12-21-9-10-25-18/h1-8,17-18,21,23H,9-12H2,(H,22,24)/t17-,18-/m1/s1. The van der Waals surface area contributed by atoms with Crippen LogP contribution in [-0.2, 0) is 4.74 Å². The molecule has 5 nitrogen and oxygen atoms in total. The lowest BCUT2D eigenvalue weighted by Crippen LogP contribution is -2.33. The van der Waals surface area contributed by atoms with Gasteiger partial charge in [0.15, 0.2) is 0 Å². The molecular formula is C19H21FN2O3. The van der Waals surface area contributed by atoms with Gasteiger partial charge in [0.05, 0.1) is 18.8 Å². The van der Waals surface area contributed by atoms with Crippen molar-refractivity contribution in [1.29, 1.82) is 0 Å². The summed E-state index contributed by atoms with van der Waals surface area (Å²) in [6.07, 6.45) is -0.878. The van der Waals surface area contributed by atoms with E-state index in [0.717, 1.165) is 18.7 Å². The van der Waals surface area contributed by atoms with Crippen molar-refractivity contribution in [3.05, 3.63) is 71.0 Å². The molecule has 1 aliphatic rings. The van der Waals surface area contributed by atoms with Crippen LogP contribution < -0.4 is 10.6 Å². The van der Waals surface area contributed by atoms with E-state index in [1.54, 1.807) is 12.1 Å². The zero-order valence-corrected chi connectivity index (χ0v) is 13.7. The van der Waals surface area contributed by atoms with Gasteiger partial charge in [-0.2, -0.15) is 0 Å². The van der Waals surface area contributed by atoms with Crippen molar-refractivity contribution in [2.24, 2.45) is 0 Å². The van der Waals surface area contributed by atoms with E-state index in [1.165, 1.54) is 24.3 Å². The molecule has 0 saturated carbocycles. The highest BCUT2D eigenvalue weighted by Crippen LogP contribution is 2.19. The number of hydrogen-bond acceptors (Lipinski definition) is 4. The van der Waals surface area contributed by atoms with Crippen molar-refractivity contribution in [3.8, 4) is 0 Å². The summed E-state index contributed by atoms with van der Waals surface area (Å²) in [7, 11) is 0. The van der Waals surface area contributed by atoms with Gasteiger partial charge < -0.3 is 20.5 Å². The van der Waals surface area contributed by atoms with Crippen molar-refractivity contribution in [2.45, 2.75) is 12.2 Å². The number of hydrogen-bond donors (Lipinski definition) is 3. The summed E-state index contributed by atoms with van der Waals surface area (Å²) in [4.78, 5) is 12.2. The lowest BCUT2D eigenvalue weighted by atomic mass is 10.1. The quantitative estimate of drug-likeness (QED) is 0.775. The minimum Gasteiger partial charge on any atom is -0.387 e. The third-order valence-corrected chi connectivity index (χ3v) is 4.18. The fourth-order valence-electron chi connectivity index (χ4n) is 2.72. The second-order valence-corrected chi connectivity index (χ2v) is 5.96. The topological polar surface area (TPSA) is 70.6 Å². The van der Waals surface area contributed by atoms with E-state index < -0.39 is 6.10 Å². The van der Waals surface area contributed by atoms with Gasteiger partial charge in [0.1, 0.15) is 5.82 Å². The second-order valence-electron chi connectivity index (χ2n) is 5.96. The van der Waals surface area contributed by atoms with Crippen LogP contribution in [0.4, 0.5) is 4.39 Å². The Morgan fingerprint density at radius 3 is 2.60 bits per heavy atom. The highest BCUT2D eigenvalue weighted by molar-refractivity contribution is 5.94. The summed E-state index contributed by atoms with van der Waals surface area (Å²) in [6, 6.07) is 12.8. The molecule has 1 saturated heterocycles. The fourth-order valence-corrected chi connectivity index (χ4v) is 2.72. The first-order valence-corrected chi connectivity index (χ1v) is 8.27. The van der Waals surface area contributed by atoms with Crippen LogP contribution in [-0.4, -0.2) is 37.3 Å². The van der Waals surface area contributed by atoms with Crippen molar-refractivity contribution >= 4 is 5.91 Å². The number of morpholine rings is 1. The maximum Gasteiger partial charge on any atom is 0.251 e. The van der Waals surface area contributed by atoms with E-state index >= 15 is 0 Å². The minimum atomic E-state index is -0.884. The molecule has 0 radical (unpaired) electrons. The first-order chi connectivity index (χ1) is 12.1. The Kier molecular flexibility index (Phi) is 5.75. The Morgan fingerprint density at radius 1 is 1.24 bits per heavy atom. The first kappa shape index (κ1) is 17.5. The van der Waals surface area contributed by atoms with Gasteiger partial charge in [0.25, 0.3) is 5.91 Å². The Hall–Kier alpha value is -2.28. The molecule has 1 amide bonds. The number of benzene rings is 2. The average molecular weight is 344 g/mol. The molecule has 0 spiro atoms. The number of ether oxygens (including phenoxy) is 1. The molecule has 6 heteroatoms. The molecule has 1 fully saturated rings. The third-order valence-electron chi connectivity index (χ3n) is 4.18. The lowest BCUT2D eigenvalue weighted by Gasteiger charge is -2.24. The number of carbonyl (C=O) groups is 1. The number of nitrogens with one attached hydrogen (secondary N) is 2. The van der Waals surface area contributed by atoms with Crippen LogP contribution in [0.3, 0.4) is 0 Å².